The molecule has 3 atom stereocenters. The standard InChI is InChI=1S/C18H31NO5/c1-18(2,3)24-17(21)14-6-5-13(11-15(14)16(20)22-4)23-12-7-9-19-10-8-12/h12-15,19H,5-11H2,1-4H3/t13-,14+,15+/m1/s1. The van der Waals surface area contributed by atoms with Crippen LogP contribution in [0.2, 0.25) is 0 Å². The first-order chi connectivity index (χ1) is 11.3. The lowest BCUT2D eigenvalue weighted by atomic mass is 9.77. The lowest BCUT2D eigenvalue weighted by Crippen LogP contribution is -2.43. The number of nitrogens with one attached hydrogen (secondary N) is 1. The van der Waals surface area contributed by atoms with E-state index in [0.717, 1.165) is 32.4 Å². The van der Waals surface area contributed by atoms with Gasteiger partial charge < -0.3 is 19.5 Å². The van der Waals surface area contributed by atoms with Gasteiger partial charge in [-0.2, -0.15) is 0 Å². The van der Waals surface area contributed by atoms with Crippen LogP contribution in [0.15, 0.2) is 0 Å². The third kappa shape index (κ3) is 5.45. The summed E-state index contributed by atoms with van der Waals surface area (Å²) in [6.45, 7) is 7.45. The van der Waals surface area contributed by atoms with Crippen molar-refractivity contribution < 1.29 is 23.8 Å². The lowest BCUT2D eigenvalue weighted by molar-refractivity contribution is -0.173. The summed E-state index contributed by atoms with van der Waals surface area (Å²) in [5, 5.41) is 3.32. The monoisotopic (exact) mass is 341 g/mol. The minimum Gasteiger partial charge on any atom is -0.469 e. The first kappa shape index (κ1) is 19.2. The predicted molar refractivity (Wildman–Crippen MR) is 89.5 cm³/mol. The lowest BCUT2D eigenvalue weighted by Gasteiger charge is -2.36. The van der Waals surface area contributed by atoms with Crippen molar-refractivity contribution in [3.63, 3.8) is 0 Å². The van der Waals surface area contributed by atoms with Crippen molar-refractivity contribution in [1.82, 2.24) is 5.32 Å². The van der Waals surface area contributed by atoms with Crippen LogP contribution in [0, 0.1) is 11.8 Å². The van der Waals surface area contributed by atoms with Gasteiger partial charge >= 0.3 is 11.9 Å². The maximum Gasteiger partial charge on any atom is 0.310 e. The molecule has 0 aromatic carbocycles. The van der Waals surface area contributed by atoms with Crippen LogP contribution < -0.4 is 5.32 Å². The molecule has 2 aliphatic rings. The molecular formula is C18H31NO5. The number of methoxy groups -OCH3 is 1. The molecule has 138 valence electrons. The third-order valence-corrected chi connectivity index (χ3v) is 4.69. The summed E-state index contributed by atoms with van der Waals surface area (Å²) in [6.07, 6.45) is 4.15. The van der Waals surface area contributed by atoms with Gasteiger partial charge in [-0.15, -0.1) is 0 Å². The van der Waals surface area contributed by atoms with E-state index in [2.05, 4.69) is 5.32 Å². The second-order valence-electron chi connectivity index (χ2n) is 7.79. The van der Waals surface area contributed by atoms with Gasteiger partial charge in [-0.05, 0) is 66.0 Å². The summed E-state index contributed by atoms with van der Waals surface area (Å²) < 4.78 is 16.6. The van der Waals surface area contributed by atoms with Crippen molar-refractivity contribution in [3.05, 3.63) is 0 Å². The van der Waals surface area contributed by atoms with Crippen LogP contribution in [0.25, 0.3) is 0 Å². The molecule has 2 rings (SSSR count). The molecule has 6 nitrogen and oxygen atoms in total. The molecule has 24 heavy (non-hydrogen) atoms. The van der Waals surface area contributed by atoms with Crippen molar-refractivity contribution in [2.75, 3.05) is 20.2 Å². The molecule has 0 unspecified atom stereocenters. The van der Waals surface area contributed by atoms with Gasteiger partial charge in [-0.3, -0.25) is 9.59 Å². The normalized spacial score (nSPS) is 29.1. The van der Waals surface area contributed by atoms with E-state index >= 15 is 0 Å². The molecule has 1 N–H and O–H groups in total. The zero-order valence-corrected chi connectivity index (χ0v) is 15.3. The highest BCUT2D eigenvalue weighted by Gasteiger charge is 2.42. The maximum absolute atomic E-state index is 12.5. The SMILES string of the molecule is COC(=O)[C@H]1C[C@H](OC2CCNCC2)CC[C@@H]1C(=O)OC(C)(C)C. The predicted octanol–water partition coefficient (Wildman–Crippen LogP) is 2.05. The maximum atomic E-state index is 12.5. The van der Waals surface area contributed by atoms with E-state index in [1.807, 2.05) is 20.8 Å². The number of rotatable bonds is 4. The molecule has 0 spiro atoms. The van der Waals surface area contributed by atoms with Gasteiger partial charge in [0.15, 0.2) is 0 Å². The van der Waals surface area contributed by atoms with Crippen LogP contribution in [0.4, 0.5) is 0 Å². The molecule has 0 bridgehead atoms. The summed E-state index contributed by atoms with van der Waals surface area (Å²) in [6, 6.07) is 0. The van der Waals surface area contributed by atoms with Gasteiger partial charge in [0.05, 0.1) is 31.2 Å². The molecule has 1 saturated heterocycles. The molecule has 0 aromatic heterocycles. The number of hydrogen-bond acceptors (Lipinski definition) is 6. The number of piperidine rings is 1. The number of esters is 2. The highest BCUT2D eigenvalue weighted by molar-refractivity contribution is 5.82. The zero-order chi connectivity index (χ0) is 17.7. The first-order valence-electron chi connectivity index (χ1n) is 8.97. The highest BCUT2D eigenvalue weighted by Crippen LogP contribution is 2.35. The van der Waals surface area contributed by atoms with Crippen LogP contribution >= 0.6 is 0 Å². The minimum atomic E-state index is -0.555. The van der Waals surface area contributed by atoms with Crippen LogP contribution in [0.3, 0.4) is 0 Å². The zero-order valence-electron chi connectivity index (χ0n) is 15.3. The molecule has 1 heterocycles. The molecule has 1 aliphatic heterocycles. The number of ether oxygens (including phenoxy) is 3. The van der Waals surface area contributed by atoms with Gasteiger partial charge in [0.1, 0.15) is 5.60 Å². The molecule has 0 radical (unpaired) electrons. The smallest absolute Gasteiger partial charge is 0.310 e. The fourth-order valence-electron chi connectivity index (χ4n) is 3.53. The molecule has 1 saturated carbocycles. The van der Waals surface area contributed by atoms with Crippen molar-refractivity contribution in [3.8, 4) is 0 Å². The van der Waals surface area contributed by atoms with E-state index in [9.17, 15) is 9.59 Å². The summed E-state index contributed by atoms with van der Waals surface area (Å²) >= 11 is 0. The molecule has 0 aromatic rings. The first-order valence-corrected chi connectivity index (χ1v) is 8.97. The van der Waals surface area contributed by atoms with Crippen LogP contribution in [0.1, 0.15) is 52.9 Å². The molecule has 2 fully saturated rings. The third-order valence-electron chi connectivity index (χ3n) is 4.69. The largest absolute Gasteiger partial charge is 0.469 e. The van der Waals surface area contributed by atoms with E-state index in [1.165, 1.54) is 7.11 Å². The summed E-state index contributed by atoms with van der Waals surface area (Å²) in [5.74, 6) is -1.57. The second-order valence-corrected chi connectivity index (χ2v) is 7.79. The van der Waals surface area contributed by atoms with Crippen LogP contribution in [-0.4, -0.2) is 49.9 Å². The number of hydrogen-bond donors (Lipinski definition) is 1. The highest BCUT2D eigenvalue weighted by atomic mass is 16.6. The summed E-state index contributed by atoms with van der Waals surface area (Å²) in [5.41, 5.74) is -0.555. The average molecular weight is 341 g/mol. The molecule has 0 amide bonds. The molecule has 6 heteroatoms. The van der Waals surface area contributed by atoms with E-state index in [4.69, 9.17) is 14.2 Å². The Kier molecular flexibility index (Phi) is 6.63. The quantitative estimate of drug-likeness (QED) is 0.789. The van der Waals surface area contributed by atoms with Gasteiger partial charge in [0.25, 0.3) is 0 Å². The molecular weight excluding hydrogens is 310 g/mol. The van der Waals surface area contributed by atoms with E-state index < -0.39 is 17.4 Å². The Bertz CT molecular complexity index is 439. The topological polar surface area (TPSA) is 73.9 Å². The van der Waals surface area contributed by atoms with Gasteiger partial charge in [0.2, 0.25) is 0 Å². The Labute approximate surface area is 144 Å². The van der Waals surface area contributed by atoms with Crippen LogP contribution in [-0.2, 0) is 23.8 Å². The van der Waals surface area contributed by atoms with Gasteiger partial charge in [-0.1, -0.05) is 0 Å². The Hall–Kier alpha value is -1.14. The molecule has 1 aliphatic carbocycles. The summed E-state index contributed by atoms with van der Waals surface area (Å²) in [4.78, 5) is 24.7. The summed E-state index contributed by atoms with van der Waals surface area (Å²) in [7, 11) is 1.37. The van der Waals surface area contributed by atoms with Gasteiger partial charge in [-0.25, -0.2) is 0 Å². The van der Waals surface area contributed by atoms with Crippen LogP contribution in [0.5, 0.6) is 0 Å². The number of carbonyl (C=O) groups is 2. The number of carbonyl (C=O) groups excluding carboxylic acids is 2. The van der Waals surface area contributed by atoms with Gasteiger partial charge in [0, 0.05) is 0 Å². The second kappa shape index (κ2) is 8.30. The van der Waals surface area contributed by atoms with Crippen molar-refractivity contribution in [2.24, 2.45) is 11.8 Å². The van der Waals surface area contributed by atoms with Crippen molar-refractivity contribution in [1.29, 1.82) is 0 Å². The van der Waals surface area contributed by atoms with E-state index in [0.29, 0.717) is 12.8 Å². The van der Waals surface area contributed by atoms with Crippen molar-refractivity contribution >= 4 is 11.9 Å². The fraction of sp³-hybridized carbons (Fsp3) is 0.889. The Morgan fingerprint density at radius 1 is 0.917 bits per heavy atom. The van der Waals surface area contributed by atoms with Crippen molar-refractivity contribution in [2.45, 2.75) is 70.7 Å². The van der Waals surface area contributed by atoms with E-state index in [-0.39, 0.29) is 24.1 Å². The Morgan fingerprint density at radius 2 is 1.58 bits per heavy atom. The van der Waals surface area contributed by atoms with E-state index in [1.54, 1.807) is 0 Å². The minimum absolute atomic E-state index is 0.0101. The fourth-order valence-corrected chi connectivity index (χ4v) is 3.53. The average Bonchev–Trinajstić information content (AvgIpc) is 2.53. The Morgan fingerprint density at radius 3 is 2.17 bits per heavy atom. The Balaban J connectivity index is 1.98.